The van der Waals surface area contributed by atoms with Gasteiger partial charge in [-0.1, -0.05) is 42.5 Å². The molecular weight excluding hydrogens is 321 g/mol. The number of hydrogen-bond acceptors (Lipinski definition) is 2. The highest BCUT2D eigenvalue weighted by atomic mass is 127. The van der Waals surface area contributed by atoms with E-state index in [0.29, 0.717) is 12.3 Å². The molecule has 15 heavy (non-hydrogen) atoms. The van der Waals surface area contributed by atoms with Crippen LogP contribution in [0.25, 0.3) is 0 Å². The van der Waals surface area contributed by atoms with E-state index in [2.05, 4.69) is 41.8 Å². The van der Waals surface area contributed by atoms with Gasteiger partial charge < -0.3 is 5.32 Å². The SMILES string of the molecule is CC(C)C(CI)NC(=O)Cc1cccs1. The first-order valence-corrected chi connectivity index (χ1v) is 7.41. The Balaban J connectivity index is 2.41. The van der Waals surface area contributed by atoms with Crippen molar-refractivity contribution in [2.45, 2.75) is 26.3 Å². The Labute approximate surface area is 109 Å². The van der Waals surface area contributed by atoms with Gasteiger partial charge in [0.05, 0.1) is 6.42 Å². The molecule has 0 fully saturated rings. The smallest absolute Gasteiger partial charge is 0.225 e. The standard InChI is InChI=1S/C11H16INOS/c1-8(2)10(7-12)13-11(14)6-9-4-3-5-15-9/h3-5,8,10H,6-7H2,1-2H3,(H,13,14). The Morgan fingerprint density at radius 3 is 2.80 bits per heavy atom. The van der Waals surface area contributed by atoms with Crippen molar-refractivity contribution >= 4 is 39.8 Å². The van der Waals surface area contributed by atoms with Crippen LogP contribution in [-0.4, -0.2) is 16.4 Å². The molecule has 84 valence electrons. The zero-order valence-electron chi connectivity index (χ0n) is 9.00. The maximum atomic E-state index is 11.7. The lowest BCUT2D eigenvalue weighted by atomic mass is 10.1. The first kappa shape index (κ1) is 13.0. The molecule has 2 nitrogen and oxygen atoms in total. The van der Waals surface area contributed by atoms with Gasteiger partial charge in [-0.25, -0.2) is 0 Å². The summed E-state index contributed by atoms with van der Waals surface area (Å²) in [4.78, 5) is 12.8. The van der Waals surface area contributed by atoms with Gasteiger partial charge in [-0.3, -0.25) is 4.79 Å². The second-order valence-electron chi connectivity index (χ2n) is 3.83. The van der Waals surface area contributed by atoms with Crippen molar-refractivity contribution in [3.05, 3.63) is 22.4 Å². The minimum absolute atomic E-state index is 0.132. The summed E-state index contributed by atoms with van der Waals surface area (Å²) >= 11 is 3.95. The molecule has 1 atom stereocenters. The fourth-order valence-corrected chi connectivity index (χ4v) is 3.15. The molecule has 0 radical (unpaired) electrons. The second-order valence-corrected chi connectivity index (χ2v) is 5.74. The quantitative estimate of drug-likeness (QED) is 0.650. The van der Waals surface area contributed by atoms with Crippen LogP contribution in [0, 0.1) is 5.92 Å². The molecular formula is C11H16INOS. The van der Waals surface area contributed by atoms with E-state index < -0.39 is 0 Å². The van der Waals surface area contributed by atoms with Crippen molar-refractivity contribution in [2.24, 2.45) is 5.92 Å². The average Bonchev–Trinajstić information content (AvgIpc) is 2.66. The molecule has 1 N–H and O–H groups in total. The maximum Gasteiger partial charge on any atom is 0.225 e. The van der Waals surface area contributed by atoms with E-state index in [4.69, 9.17) is 0 Å². The molecule has 1 aromatic rings. The lowest BCUT2D eigenvalue weighted by molar-refractivity contribution is -0.121. The Morgan fingerprint density at radius 1 is 1.60 bits per heavy atom. The monoisotopic (exact) mass is 337 g/mol. The van der Waals surface area contributed by atoms with Crippen LogP contribution >= 0.6 is 33.9 Å². The molecule has 1 unspecified atom stereocenters. The summed E-state index contributed by atoms with van der Waals surface area (Å²) in [6.45, 7) is 4.27. The average molecular weight is 337 g/mol. The third-order valence-electron chi connectivity index (χ3n) is 2.23. The highest BCUT2D eigenvalue weighted by molar-refractivity contribution is 14.1. The molecule has 1 amide bonds. The summed E-state index contributed by atoms with van der Waals surface area (Å²) in [6.07, 6.45) is 0.511. The summed E-state index contributed by atoms with van der Waals surface area (Å²) < 4.78 is 0.964. The first-order valence-electron chi connectivity index (χ1n) is 5.01. The number of carbonyl (C=O) groups is 1. The van der Waals surface area contributed by atoms with Gasteiger partial charge in [0.15, 0.2) is 0 Å². The lowest BCUT2D eigenvalue weighted by Gasteiger charge is -2.19. The molecule has 1 heterocycles. The van der Waals surface area contributed by atoms with Gasteiger partial charge in [0.25, 0.3) is 0 Å². The predicted molar refractivity (Wildman–Crippen MR) is 73.7 cm³/mol. The number of rotatable bonds is 5. The van der Waals surface area contributed by atoms with Crippen LogP contribution in [0.3, 0.4) is 0 Å². The number of carbonyl (C=O) groups excluding carboxylic acids is 1. The van der Waals surface area contributed by atoms with E-state index >= 15 is 0 Å². The van der Waals surface area contributed by atoms with Gasteiger partial charge in [-0.05, 0) is 17.4 Å². The van der Waals surface area contributed by atoms with E-state index in [9.17, 15) is 4.79 Å². The summed E-state index contributed by atoms with van der Waals surface area (Å²) in [7, 11) is 0. The first-order chi connectivity index (χ1) is 7.13. The number of nitrogens with one attached hydrogen (secondary N) is 1. The molecule has 0 aliphatic carbocycles. The van der Waals surface area contributed by atoms with Crippen molar-refractivity contribution in [3.8, 4) is 0 Å². The normalized spacial score (nSPS) is 12.8. The molecule has 0 bridgehead atoms. The second kappa shape index (κ2) is 6.48. The molecule has 0 saturated carbocycles. The van der Waals surface area contributed by atoms with Gasteiger partial charge in [-0.15, -0.1) is 11.3 Å². The van der Waals surface area contributed by atoms with Crippen LogP contribution in [0.2, 0.25) is 0 Å². The minimum Gasteiger partial charge on any atom is -0.352 e. The Bertz CT molecular complexity index is 298. The third kappa shape index (κ3) is 4.51. The highest BCUT2D eigenvalue weighted by Gasteiger charge is 2.14. The summed E-state index contributed by atoms with van der Waals surface area (Å²) in [5.74, 6) is 0.627. The molecule has 1 rings (SSSR count). The van der Waals surface area contributed by atoms with Crippen LogP contribution in [0.15, 0.2) is 17.5 Å². The van der Waals surface area contributed by atoms with Crippen molar-refractivity contribution in [3.63, 3.8) is 0 Å². The van der Waals surface area contributed by atoms with Crippen LogP contribution in [0.5, 0.6) is 0 Å². The van der Waals surface area contributed by atoms with Crippen molar-refractivity contribution < 1.29 is 4.79 Å². The number of amides is 1. The van der Waals surface area contributed by atoms with E-state index in [1.54, 1.807) is 11.3 Å². The van der Waals surface area contributed by atoms with E-state index in [1.807, 2.05) is 17.5 Å². The van der Waals surface area contributed by atoms with E-state index in [-0.39, 0.29) is 11.9 Å². The molecule has 0 spiro atoms. The summed E-state index contributed by atoms with van der Waals surface area (Å²) in [5, 5.41) is 5.07. The molecule has 4 heteroatoms. The van der Waals surface area contributed by atoms with Crippen LogP contribution in [-0.2, 0) is 11.2 Å². The van der Waals surface area contributed by atoms with Gasteiger partial charge in [0, 0.05) is 15.3 Å². The third-order valence-corrected chi connectivity index (χ3v) is 4.06. The highest BCUT2D eigenvalue weighted by Crippen LogP contribution is 2.10. The number of thiophene rings is 1. The van der Waals surface area contributed by atoms with Crippen molar-refractivity contribution in [2.75, 3.05) is 4.43 Å². The topological polar surface area (TPSA) is 29.1 Å². The Morgan fingerprint density at radius 2 is 2.33 bits per heavy atom. The van der Waals surface area contributed by atoms with Crippen molar-refractivity contribution in [1.82, 2.24) is 5.32 Å². The number of hydrogen-bond donors (Lipinski definition) is 1. The zero-order chi connectivity index (χ0) is 11.3. The Kier molecular flexibility index (Phi) is 5.60. The van der Waals surface area contributed by atoms with Gasteiger partial charge in [-0.2, -0.15) is 0 Å². The zero-order valence-corrected chi connectivity index (χ0v) is 12.0. The van der Waals surface area contributed by atoms with Gasteiger partial charge >= 0.3 is 0 Å². The molecule has 0 aliphatic heterocycles. The minimum atomic E-state index is 0.132. The van der Waals surface area contributed by atoms with Crippen LogP contribution < -0.4 is 5.32 Å². The fraction of sp³-hybridized carbons (Fsp3) is 0.545. The maximum absolute atomic E-state index is 11.7. The molecule has 1 aromatic heterocycles. The lowest BCUT2D eigenvalue weighted by Crippen LogP contribution is -2.40. The van der Waals surface area contributed by atoms with Gasteiger partial charge in [0.1, 0.15) is 0 Å². The molecule has 0 saturated heterocycles. The van der Waals surface area contributed by atoms with E-state index in [0.717, 1.165) is 9.30 Å². The summed E-state index contributed by atoms with van der Waals surface area (Å²) in [5.41, 5.74) is 0. The number of alkyl halides is 1. The summed E-state index contributed by atoms with van der Waals surface area (Å²) in [6, 6.07) is 4.27. The molecule has 0 aliphatic rings. The van der Waals surface area contributed by atoms with E-state index in [1.165, 1.54) is 0 Å². The largest absolute Gasteiger partial charge is 0.352 e. The van der Waals surface area contributed by atoms with Crippen molar-refractivity contribution in [1.29, 1.82) is 0 Å². The Hall–Kier alpha value is -0.100. The number of halogens is 1. The van der Waals surface area contributed by atoms with Gasteiger partial charge in [0.2, 0.25) is 5.91 Å². The predicted octanol–water partition coefficient (Wildman–Crippen LogP) is 2.87. The van der Waals surface area contributed by atoms with Crippen LogP contribution in [0.1, 0.15) is 18.7 Å². The van der Waals surface area contributed by atoms with Crippen LogP contribution in [0.4, 0.5) is 0 Å². The fourth-order valence-electron chi connectivity index (χ4n) is 1.21. The molecule has 0 aromatic carbocycles.